The van der Waals surface area contributed by atoms with Crippen LogP contribution in [0.25, 0.3) is 10.9 Å². The molecule has 0 aliphatic heterocycles. The molecule has 7 nitrogen and oxygen atoms in total. The average Bonchev–Trinajstić information content (AvgIpc) is 2.59. The van der Waals surface area contributed by atoms with Gasteiger partial charge in [-0.15, -0.1) is 0 Å². The Hall–Kier alpha value is -3.11. The number of benzene rings is 1. The van der Waals surface area contributed by atoms with E-state index in [1.165, 1.54) is 17.8 Å². The zero-order valence-electron chi connectivity index (χ0n) is 13.5. The summed E-state index contributed by atoms with van der Waals surface area (Å²) in [4.78, 5) is 31.4. The van der Waals surface area contributed by atoms with Crippen molar-refractivity contribution in [2.75, 3.05) is 5.32 Å². The van der Waals surface area contributed by atoms with Crippen LogP contribution in [0.4, 0.5) is 5.82 Å². The Morgan fingerprint density at radius 3 is 2.88 bits per heavy atom. The van der Waals surface area contributed by atoms with Gasteiger partial charge in [-0.2, -0.15) is 5.26 Å². The van der Waals surface area contributed by atoms with E-state index in [-0.39, 0.29) is 17.1 Å². The molecule has 3 rings (SSSR count). The van der Waals surface area contributed by atoms with Crippen LogP contribution in [0.15, 0.2) is 40.1 Å². The van der Waals surface area contributed by atoms with E-state index in [0.717, 1.165) is 5.39 Å². The van der Waals surface area contributed by atoms with Gasteiger partial charge < -0.3 is 10.3 Å². The van der Waals surface area contributed by atoms with E-state index in [9.17, 15) is 9.59 Å². The maximum atomic E-state index is 12.4. The van der Waals surface area contributed by atoms with Gasteiger partial charge in [-0.25, -0.2) is 4.98 Å². The summed E-state index contributed by atoms with van der Waals surface area (Å²) in [6.07, 6.45) is 1.31. The van der Waals surface area contributed by atoms with Gasteiger partial charge in [0.15, 0.2) is 5.82 Å². The Bertz CT molecular complexity index is 1130. The maximum absolute atomic E-state index is 12.4. The molecule has 126 valence electrons. The molecule has 0 aliphatic rings. The van der Waals surface area contributed by atoms with Crippen molar-refractivity contribution in [1.82, 2.24) is 14.5 Å². The predicted octanol–water partition coefficient (Wildman–Crippen LogP) is 2.32. The summed E-state index contributed by atoms with van der Waals surface area (Å²) < 4.78 is 1.20. The van der Waals surface area contributed by atoms with Gasteiger partial charge >= 0.3 is 0 Å². The van der Waals surface area contributed by atoms with Gasteiger partial charge in [-0.1, -0.05) is 23.7 Å². The lowest BCUT2D eigenvalue weighted by Gasteiger charge is -2.15. The number of nitrogens with zero attached hydrogens (tertiary/aromatic N) is 3. The molecule has 0 saturated carbocycles. The first kappa shape index (κ1) is 16.7. The van der Waals surface area contributed by atoms with Crippen molar-refractivity contribution in [2.45, 2.75) is 13.0 Å². The van der Waals surface area contributed by atoms with Crippen LogP contribution in [-0.2, 0) is 7.05 Å². The number of hydrogen-bond acceptors (Lipinski definition) is 5. The third-order valence-electron chi connectivity index (χ3n) is 3.98. The van der Waals surface area contributed by atoms with Gasteiger partial charge in [0.05, 0.1) is 22.8 Å². The normalized spacial score (nSPS) is 11.9. The van der Waals surface area contributed by atoms with Crippen molar-refractivity contribution < 1.29 is 0 Å². The molecule has 0 saturated heterocycles. The number of nitriles is 1. The standard InChI is InChI=1S/C17H14ClN5O2/c1-9(21-15-17(25)23(2)11(7-19)8-20-15)12-6-10-4-3-5-13(18)14(10)22-16(12)24/h3-6,8-9H,1-2H3,(H,20,21)(H,22,24)/t9-/m0/s1. The summed E-state index contributed by atoms with van der Waals surface area (Å²) in [5, 5.41) is 13.1. The van der Waals surface area contributed by atoms with E-state index >= 15 is 0 Å². The molecule has 2 aromatic heterocycles. The number of H-pyrrole nitrogens is 1. The molecule has 2 heterocycles. The SMILES string of the molecule is C[C@H](Nc1ncc(C#N)n(C)c1=O)c1cc2cccc(Cl)c2[nH]c1=O. The fourth-order valence-corrected chi connectivity index (χ4v) is 2.78. The minimum atomic E-state index is -0.472. The topological polar surface area (TPSA) is 104 Å². The molecule has 1 atom stereocenters. The Labute approximate surface area is 147 Å². The van der Waals surface area contributed by atoms with Crippen molar-refractivity contribution >= 4 is 28.3 Å². The zero-order valence-corrected chi connectivity index (χ0v) is 14.3. The third kappa shape index (κ3) is 2.99. The van der Waals surface area contributed by atoms with E-state index in [1.807, 2.05) is 12.1 Å². The molecule has 1 aromatic carbocycles. The molecule has 0 spiro atoms. The minimum absolute atomic E-state index is 0.0691. The summed E-state index contributed by atoms with van der Waals surface area (Å²) >= 11 is 6.09. The first-order valence-corrected chi connectivity index (χ1v) is 7.84. The van der Waals surface area contributed by atoms with E-state index in [1.54, 1.807) is 25.1 Å². The second kappa shape index (κ2) is 6.42. The average molecular weight is 356 g/mol. The van der Waals surface area contributed by atoms with Gasteiger partial charge in [0.1, 0.15) is 11.8 Å². The first-order chi connectivity index (χ1) is 11.9. The highest BCUT2D eigenvalue weighted by atomic mass is 35.5. The van der Waals surface area contributed by atoms with Crippen LogP contribution in [0.2, 0.25) is 5.02 Å². The van der Waals surface area contributed by atoms with Crippen molar-refractivity contribution in [2.24, 2.45) is 7.05 Å². The lowest BCUT2D eigenvalue weighted by atomic mass is 10.1. The number of anilines is 1. The third-order valence-corrected chi connectivity index (χ3v) is 4.29. The molecule has 8 heteroatoms. The molecule has 0 amide bonds. The summed E-state index contributed by atoms with van der Waals surface area (Å²) in [6.45, 7) is 1.75. The highest BCUT2D eigenvalue weighted by Crippen LogP contribution is 2.22. The van der Waals surface area contributed by atoms with Gasteiger partial charge in [0.25, 0.3) is 11.1 Å². The first-order valence-electron chi connectivity index (χ1n) is 7.46. The molecule has 0 bridgehead atoms. The van der Waals surface area contributed by atoms with Crippen LogP contribution in [0, 0.1) is 11.3 Å². The Morgan fingerprint density at radius 2 is 2.16 bits per heavy atom. The number of halogens is 1. The highest BCUT2D eigenvalue weighted by Gasteiger charge is 2.15. The summed E-state index contributed by atoms with van der Waals surface area (Å²) in [5.74, 6) is 0.0691. The number of hydrogen-bond donors (Lipinski definition) is 2. The van der Waals surface area contributed by atoms with E-state index < -0.39 is 11.6 Å². The van der Waals surface area contributed by atoms with Crippen molar-refractivity contribution in [3.63, 3.8) is 0 Å². The molecule has 0 unspecified atom stereocenters. The van der Waals surface area contributed by atoms with E-state index in [4.69, 9.17) is 16.9 Å². The molecular weight excluding hydrogens is 342 g/mol. The molecule has 0 aliphatic carbocycles. The Balaban J connectivity index is 2.01. The van der Waals surface area contributed by atoms with E-state index in [2.05, 4.69) is 15.3 Å². The van der Waals surface area contributed by atoms with Crippen LogP contribution in [0.1, 0.15) is 24.2 Å². The fourth-order valence-electron chi connectivity index (χ4n) is 2.55. The van der Waals surface area contributed by atoms with Crippen LogP contribution < -0.4 is 16.4 Å². The molecule has 3 aromatic rings. The van der Waals surface area contributed by atoms with Crippen molar-refractivity contribution in [1.29, 1.82) is 5.26 Å². The Morgan fingerprint density at radius 1 is 1.40 bits per heavy atom. The van der Waals surface area contributed by atoms with E-state index in [0.29, 0.717) is 16.1 Å². The fraction of sp³-hybridized carbons (Fsp3) is 0.176. The Kier molecular flexibility index (Phi) is 4.30. The second-order valence-corrected chi connectivity index (χ2v) is 6.00. The van der Waals surface area contributed by atoms with Crippen molar-refractivity contribution in [3.05, 3.63) is 67.4 Å². The summed E-state index contributed by atoms with van der Waals surface area (Å²) in [6, 6.07) is 8.48. The molecule has 25 heavy (non-hydrogen) atoms. The maximum Gasteiger partial charge on any atom is 0.294 e. The van der Waals surface area contributed by atoms with Gasteiger partial charge in [0, 0.05) is 18.0 Å². The smallest absolute Gasteiger partial charge is 0.294 e. The van der Waals surface area contributed by atoms with Crippen LogP contribution in [-0.4, -0.2) is 14.5 Å². The number of fused-ring (bicyclic) bond motifs is 1. The second-order valence-electron chi connectivity index (χ2n) is 5.59. The van der Waals surface area contributed by atoms with Gasteiger partial charge in [-0.3, -0.25) is 14.2 Å². The summed E-state index contributed by atoms with van der Waals surface area (Å²) in [7, 11) is 1.49. The number of aromatic amines is 1. The lowest BCUT2D eigenvalue weighted by Crippen LogP contribution is -2.27. The monoisotopic (exact) mass is 355 g/mol. The van der Waals surface area contributed by atoms with Crippen molar-refractivity contribution in [3.8, 4) is 6.07 Å². The minimum Gasteiger partial charge on any atom is -0.359 e. The summed E-state index contributed by atoms with van der Waals surface area (Å²) in [5.41, 5.74) is 0.430. The quantitative estimate of drug-likeness (QED) is 0.750. The zero-order chi connectivity index (χ0) is 18.1. The molecule has 0 radical (unpaired) electrons. The molecule has 2 N–H and O–H groups in total. The predicted molar refractivity (Wildman–Crippen MR) is 95.8 cm³/mol. The molecular formula is C17H14ClN5O2. The van der Waals surface area contributed by atoms with Crippen LogP contribution in [0.5, 0.6) is 0 Å². The number of rotatable bonds is 3. The highest BCUT2D eigenvalue weighted by molar-refractivity contribution is 6.35. The van der Waals surface area contributed by atoms with Crippen LogP contribution in [0.3, 0.4) is 0 Å². The van der Waals surface area contributed by atoms with Gasteiger partial charge in [0.2, 0.25) is 0 Å². The number of aromatic nitrogens is 3. The van der Waals surface area contributed by atoms with Gasteiger partial charge in [-0.05, 0) is 19.1 Å². The number of para-hydroxylation sites is 1. The number of pyridine rings is 1. The lowest BCUT2D eigenvalue weighted by molar-refractivity contribution is 0.798. The number of nitrogens with one attached hydrogen (secondary N) is 2. The van der Waals surface area contributed by atoms with Crippen LogP contribution >= 0.6 is 11.6 Å². The molecule has 0 fully saturated rings. The largest absolute Gasteiger partial charge is 0.359 e.